The number of para-hydroxylation sites is 2. The van der Waals surface area contributed by atoms with Gasteiger partial charge < -0.3 is 20.9 Å². The van der Waals surface area contributed by atoms with E-state index in [1.807, 2.05) is 48.5 Å². The predicted octanol–water partition coefficient (Wildman–Crippen LogP) is 1.48. The van der Waals surface area contributed by atoms with Crippen LogP contribution < -0.4 is 31.8 Å². The van der Waals surface area contributed by atoms with Crippen LogP contribution >= 0.6 is 24.4 Å². The van der Waals surface area contributed by atoms with Gasteiger partial charge in [-0.05, 0) is 48.7 Å². The van der Waals surface area contributed by atoms with Crippen LogP contribution in [-0.2, 0) is 0 Å². The highest BCUT2D eigenvalue weighted by Crippen LogP contribution is 2.17. The Balaban J connectivity index is 1.90. The fourth-order valence-electron chi connectivity index (χ4n) is 2.07. The molecule has 0 unspecified atom stereocenters. The Morgan fingerprint density at radius 1 is 0.786 bits per heavy atom. The zero-order valence-corrected chi connectivity index (χ0v) is 16.5. The van der Waals surface area contributed by atoms with Gasteiger partial charge in [0.05, 0.1) is 12.4 Å². The third-order valence-corrected chi connectivity index (χ3v) is 3.38. The normalized spacial score (nSPS) is 10.7. The fraction of sp³-hybridized carbons (Fsp3) is 0.111. The molecule has 2 aromatic rings. The third kappa shape index (κ3) is 7.56. The second-order valence-corrected chi connectivity index (χ2v) is 6.12. The molecule has 2 aromatic carbocycles. The second kappa shape index (κ2) is 11.5. The Hall–Kier alpha value is -3.24. The molecule has 146 valence electrons. The minimum absolute atomic E-state index is 0.0914. The van der Waals surface area contributed by atoms with Crippen molar-refractivity contribution in [3.8, 4) is 11.5 Å². The topological polar surface area (TPSA) is 119 Å². The van der Waals surface area contributed by atoms with Gasteiger partial charge in [0.15, 0.2) is 10.2 Å². The van der Waals surface area contributed by atoms with Crippen molar-refractivity contribution in [1.82, 2.24) is 10.9 Å². The summed E-state index contributed by atoms with van der Waals surface area (Å²) in [7, 11) is 0. The van der Waals surface area contributed by atoms with E-state index < -0.39 is 0 Å². The van der Waals surface area contributed by atoms with Crippen molar-refractivity contribution >= 4 is 47.1 Å². The van der Waals surface area contributed by atoms with Gasteiger partial charge in [0.1, 0.15) is 24.7 Å². The summed E-state index contributed by atoms with van der Waals surface area (Å²) in [4.78, 5) is 0. The molecule has 0 fully saturated rings. The summed E-state index contributed by atoms with van der Waals surface area (Å²) in [6, 6.07) is 14.9. The van der Waals surface area contributed by atoms with E-state index in [0.717, 1.165) is 11.1 Å². The smallest absolute Gasteiger partial charge is 0.184 e. The van der Waals surface area contributed by atoms with Crippen LogP contribution in [0.3, 0.4) is 0 Å². The van der Waals surface area contributed by atoms with Crippen molar-refractivity contribution in [1.29, 1.82) is 0 Å². The number of rotatable bonds is 9. The van der Waals surface area contributed by atoms with E-state index in [-0.39, 0.29) is 10.2 Å². The van der Waals surface area contributed by atoms with Crippen LogP contribution in [0.25, 0.3) is 0 Å². The van der Waals surface area contributed by atoms with E-state index in [0.29, 0.717) is 24.7 Å². The highest BCUT2D eigenvalue weighted by molar-refractivity contribution is 7.80. The number of nitrogens with zero attached hydrogens (tertiary/aromatic N) is 2. The minimum atomic E-state index is 0.0914. The van der Waals surface area contributed by atoms with Gasteiger partial charge in [-0.2, -0.15) is 10.2 Å². The lowest BCUT2D eigenvalue weighted by Crippen LogP contribution is -2.24. The van der Waals surface area contributed by atoms with Crippen LogP contribution in [-0.4, -0.2) is 35.9 Å². The molecular formula is C18H20N6O2S2. The van der Waals surface area contributed by atoms with Gasteiger partial charge in [-0.1, -0.05) is 24.3 Å². The van der Waals surface area contributed by atoms with Gasteiger partial charge in [0.2, 0.25) is 0 Å². The Bertz CT molecular complexity index is 801. The van der Waals surface area contributed by atoms with Crippen molar-refractivity contribution in [3.63, 3.8) is 0 Å². The van der Waals surface area contributed by atoms with Crippen LogP contribution in [0.4, 0.5) is 0 Å². The fourth-order valence-corrected chi connectivity index (χ4v) is 2.18. The van der Waals surface area contributed by atoms with Crippen LogP contribution in [0.15, 0.2) is 58.7 Å². The molecule has 2 rings (SSSR count). The Morgan fingerprint density at radius 3 is 1.57 bits per heavy atom. The molecule has 0 saturated carbocycles. The van der Waals surface area contributed by atoms with Crippen molar-refractivity contribution in [3.05, 3.63) is 59.7 Å². The predicted molar refractivity (Wildman–Crippen MR) is 119 cm³/mol. The monoisotopic (exact) mass is 416 g/mol. The van der Waals surface area contributed by atoms with Gasteiger partial charge in [-0.3, -0.25) is 10.9 Å². The average molecular weight is 417 g/mol. The molecule has 8 nitrogen and oxygen atoms in total. The SMILES string of the molecule is NC(=S)N/N=C/c1ccccc1OCCOc1ccccc1/C=N/NC(N)=S. The number of benzene rings is 2. The summed E-state index contributed by atoms with van der Waals surface area (Å²) in [6.45, 7) is 0.675. The van der Waals surface area contributed by atoms with Crippen molar-refractivity contribution in [2.75, 3.05) is 13.2 Å². The summed E-state index contributed by atoms with van der Waals surface area (Å²) in [5.41, 5.74) is 17.2. The molecule has 0 bridgehead atoms. The summed E-state index contributed by atoms with van der Waals surface area (Å²) in [6.07, 6.45) is 3.16. The lowest BCUT2D eigenvalue weighted by atomic mass is 10.2. The van der Waals surface area contributed by atoms with Gasteiger partial charge in [0, 0.05) is 11.1 Å². The van der Waals surface area contributed by atoms with E-state index in [1.165, 1.54) is 0 Å². The van der Waals surface area contributed by atoms with E-state index in [4.69, 9.17) is 45.4 Å². The molecule has 10 heteroatoms. The maximum atomic E-state index is 5.78. The maximum absolute atomic E-state index is 5.78. The van der Waals surface area contributed by atoms with Crippen molar-refractivity contribution < 1.29 is 9.47 Å². The molecule has 28 heavy (non-hydrogen) atoms. The zero-order valence-electron chi connectivity index (χ0n) is 14.9. The Labute approximate surface area is 173 Å². The molecule has 0 aliphatic heterocycles. The lowest BCUT2D eigenvalue weighted by molar-refractivity contribution is 0.217. The van der Waals surface area contributed by atoms with Gasteiger partial charge in [-0.15, -0.1) is 0 Å². The van der Waals surface area contributed by atoms with Gasteiger partial charge >= 0.3 is 0 Å². The number of hydrazone groups is 2. The quantitative estimate of drug-likeness (QED) is 0.210. The molecule has 0 aliphatic rings. The summed E-state index contributed by atoms with van der Waals surface area (Å²) < 4.78 is 11.6. The van der Waals surface area contributed by atoms with E-state index in [1.54, 1.807) is 12.4 Å². The van der Waals surface area contributed by atoms with Crippen LogP contribution in [0, 0.1) is 0 Å². The molecule has 0 aliphatic carbocycles. The van der Waals surface area contributed by atoms with Crippen LogP contribution in [0.5, 0.6) is 11.5 Å². The Morgan fingerprint density at radius 2 is 1.18 bits per heavy atom. The summed E-state index contributed by atoms with van der Waals surface area (Å²) in [5, 5.41) is 8.06. The van der Waals surface area contributed by atoms with E-state index in [9.17, 15) is 0 Å². The number of nitrogens with two attached hydrogens (primary N) is 2. The lowest BCUT2D eigenvalue weighted by Gasteiger charge is -2.11. The number of ether oxygens (including phenoxy) is 2. The number of hydrogen-bond donors (Lipinski definition) is 4. The third-order valence-electron chi connectivity index (χ3n) is 3.19. The first kappa shape index (κ1) is 21.1. The molecule has 6 N–H and O–H groups in total. The zero-order chi connectivity index (χ0) is 20.2. The first-order chi connectivity index (χ1) is 13.6. The van der Waals surface area contributed by atoms with E-state index in [2.05, 4.69) is 21.1 Å². The standard InChI is InChI=1S/C18H20N6O2S2/c19-17(27)23-21-11-13-5-1-3-7-15(13)25-9-10-26-16-8-4-2-6-14(16)12-22-24-18(20)28/h1-8,11-12H,9-10H2,(H3,19,23,27)(H3,20,24,28)/b21-11+,22-12+. The first-order valence-electron chi connectivity index (χ1n) is 8.17. The van der Waals surface area contributed by atoms with Gasteiger partial charge in [0.25, 0.3) is 0 Å². The minimum Gasteiger partial charge on any atom is -0.489 e. The van der Waals surface area contributed by atoms with E-state index >= 15 is 0 Å². The molecule has 0 heterocycles. The average Bonchev–Trinajstić information content (AvgIpc) is 2.67. The Kier molecular flexibility index (Phi) is 8.63. The molecule has 0 radical (unpaired) electrons. The largest absolute Gasteiger partial charge is 0.489 e. The molecule has 0 saturated heterocycles. The molecular weight excluding hydrogens is 396 g/mol. The van der Waals surface area contributed by atoms with Crippen molar-refractivity contribution in [2.45, 2.75) is 0 Å². The molecule has 0 spiro atoms. The number of nitrogens with one attached hydrogen (secondary N) is 2. The van der Waals surface area contributed by atoms with Crippen molar-refractivity contribution in [2.24, 2.45) is 21.7 Å². The summed E-state index contributed by atoms with van der Waals surface area (Å²) >= 11 is 9.41. The highest BCUT2D eigenvalue weighted by Gasteiger charge is 2.03. The molecule has 0 atom stereocenters. The number of thiocarbonyl (C=S) groups is 2. The first-order valence-corrected chi connectivity index (χ1v) is 8.98. The number of hydrogen-bond acceptors (Lipinski definition) is 6. The molecule has 0 aromatic heterocycles. The molecule has 0 amide bonds. The van der Waals surface area contributed by atoms with Crippen LogP contribution in [0.2, 0.25) is 0 Å². The summed E-state index contributed by atoms with van der Waals surface area (Å²) in [5.74, 6) is 1.32. The van der Waals surface area contributed by atoms with Crippen LogP contribution in [0.1, 0.15) is 11.1 Å². The maximum Gasteiger partial charge on any atom is 0.184 e. The highest BCUT2D eigenvalue weighted by atomic mass is 32.1. The van der Waals surface area contributed by atoms with Gasteiger partial charge in [-0.25, -0.2) is 0 Å². The second-order valence-electron chi connectivity index (χ2n) is 5.24.